The van der Waals surface area contributed by atoms with Crippen molar-refractivity contribution in [3.63, 3.8) is 0 Å². The number of hydrogen-bond donors (Lipinski definition) is 0. The molecule has 1 fully saturated rings. The molecule has 0 unspecified atom stereocenters. The zero-order valence-corrected chi connectivity index (χ0v) is 7.91. The molecular weight excluding hydrogens is 200 g/mol. The van der Waals surface area contributed by atoms with Gasteiger partial charge in [0.1, 0.15) is 5.54 Å². The number of hydrogen-bond acceptors (Lipinski definition) is 2. The Kier molecular flexibility index (Phi) is 2.16. The van der Waals surface area contributed by atoms with Gasteiger partial charge in [-0.3, -0.25) is 0 Å². The number of isocyanates is 1. The van der Waals surface area contributed by atoms with E-state index in [2.05, 4.69) is 4.99 Å². The first-order valence-corrected chi connectivity index (χ1v) is 4.65. The molecule has 0 radical (unpaired) electrons. The fourth-order valence-electron chi connectivity index (χ4n) is 1.62. The predicted octanol–water partition coefficient (Wildman–Crippen LogP) is 2.65. The number of nitrogens with zero attached hydrogens (tertiary/aromatic N) is 1. The molecular formula is C11H9F2NO. The summed E-state index contributed by atoms with van der Waals surface area (Å²) < 4.78 is 27.8. The van der Waals surface area contributed by atoms with Crippen molar-refractivity contribution in [1.82, 2.24) is 0 Å². The van der Waals surface area contributed by atoms with Crippen LogP contribution in [0.5, 0.6) is 0 Å². The fraction of sp³-hybridized carbons (Fsp3) is 0.364. The van der Waals surface area contributed by atoms with Gasteiger partial charge in [0.2, 0.25) is 6.08 Å². The smallest absolute Gasteiger partial charge is 0.211 e. The Balaban J connectivity index is 2.39. The van der Waals surface area contributed by atoms with Crippen molar-refractivity contribution in [2.45, 2.75) is 24.3 Å². The Morgan fingerprint density at radius 1 is 1.27 bits per heavy atom. The minimum atomic E-state index is -3.08. The van der Waals surface area contributed by atoms with Crippen molar-refractivity contribution < 1.29 is 13.6 Å². The maximum atomic E-state index is 13.9. The number of halogens is 2. The van der Waals surface area contributed by atoms with Crippen LogP contribution >= 0.6 is 0 Å². The van der Waals surface area contributed by atoms with Crippen LogP contribution in [0.1, 0.15) is 18.4 Å². The van der Waals surface area contributed by atoms with Crippen LogP contribution in [0.3, 0.4) is 0 Å². The van der Waals surface area contributed by atoms with Gasteiger partial charge in [-0.2, -0.15) is 13.8 Å². The molecule has 78 valence electrons. The first kappa shape index (κ1) is 9.99. The van der Waals surface area contributed by atoms with E-state index < -0.39 is 11.5 Å². The fourth-order valence-corrected chi connectivity index (χ4v) is 1.62. The zero-order chi connectivity index (χ0) is 10.9. The lowest BCUT2D eigenvalue weighted by Gasteiger charge is -2.22. The van der Waals surface area contributed by atoms with Crippen molar-refractivity contribution >= 4 is 6.08 Å². The number of carbonyl (C=O) groups excluding carboxylic acids is 1. The summed E-state index contributed by atoms with van der Waals surface area (Å²) in [6.45, 7) is 0. The molecule has 0 atom stereocenters. The molecule has 0 amide bonds. The van der Waals surface area contributed by atoms with Crippen LogP contribution in [-0.2, 0) is 10.7 Å². The topological polar surface area (TPSA) is 29.4 Å². The second kappa shape index (κ2) is 3.24. The Labute approximate surface area is 85.6 Å². The van der Waals surface area contributed by atoms with Gasteiger partial charge in [-0.25, -0.2) is 4.79 Å². The van der Waals surface area contributed by atoms with E-state index in [1.165, 1.54) is 18.2 Å². The lowest BCUT2D eigenvalue weighted by molar-refractivity contribution is -0.0411. The molecule has 0 heterocycles. The number of benzene rings is 1. The number of aliphatic imine (C=N–C) groups is 1. The first-order chi connectivity index (χ1) is 7.12. The third-order valence-corrected chi connectivity index (χ3v) is 2.70. The molecule has 0 bridgehead atoms. The van der Waals surface area contributed by atoms with Crippen LogP contribution in [-0.4, -0.2) is 11.6 Å². The van der Waals surface area contributed by atoms with Gasteiger partial charge < -0.3 is 0 Å². The maximum Gasteiger partial charge on any atom is 0.298 e. The average molecular weight is 209 g/mol. The molecule has 1 aromatic carbocycles. The molecule has 1 aliphatic carbocycles. The summed E-state index contributed by atoms with van der Waals surface area (Å²) in [6, 6.07) is 7.46. The lowest BCUT2D eigenvalue weighted by Crippen LogP contribution is -2.31. The summed E-state index contributed by atoms with van der Waals surface area (Å²) in [6.07, 6.45) is 1.72. The van der Waals surface area contributed by atoms with E-state index in [0.717, 1.165) is 0 Å². The highest BCUT2D eigenvalue weighted by Gasteiger charge is 2.63. The van der Waals surface area contributed by atoms with E-state index in [-0.39, 0.29) is 18.4 Å². The van der Waals surface area contributed by atoms with Crippen molar-refractivity contribution in [2.75, 3.05) is 0 Å². The van der Waals surface area contributed by atoms with Crippen molar-refractivity contribution in [1.29, 1.82) is 0 Å². The summed E-state index contributed by atoms with van der Waals surface area (Å²) in [4.78, 5) is 13.4. The van der Waals surface area contributed by atoms with Gasteiger partial charge in [-0.05, 0) is 12.8 Å². The summed E-state index contributed by atoms with van der Waals surface area (Å²) >= 11 is 0. The third-order valence-electron chi connectivity index (χ3n) is 2.70. The molecule has 0 saturated heterocycles. The van der Waals surface area contributed by atoms with E-state index in [1.54, 1.807) is 18.2 Å². The van der Waals surface area contributed by atoms with Crippen LogP contribution < -0.4 is 0 Å². The van der Waals surface area contributed by atoms with Gasteiger partial charge in [0.05, 0.1) is 0 Å². The molecule has 15 heavy (non-hydrogen) atoms. The molecule has 2 nitrogen and oxygen atoms in total. The van der Waals surface area contributed by atoms with E-state index in [1.807, 2.05) is 0 Å². The van der Waals surface area contributed by atoms with Crippen molar-refractivity contribution in [3.05, 3.63) is 35.9 Å². The average Bonchev–Trinajstić information content (AvgIpc) is 3.01. The van der Waals surface area contributed by atoms with Crippen molar-refractivity contribution in [2.24, 2.45) is 4.99 Å². The summed E-state index contributed by atoms with van der Waals surface area (Å²) in [5.74, 6) is -3.08. The van der Waals surface area contributed by atoms with Crippen LogP contribution in [0.4, 0.5) is 8.78 Å². The van der Waals surface area contributed by atoms with E-state index in [9.17, 15) is 13.6 Å². The quantitative estimate of drug-likeness (QED) is 0.555. The van der Waals surface area contributed by atoms with Gasteiger partial charge in [-0.1, -0.05) is 30.3 Å². The highest BCUT2D eigenvalue weighted by atomic mass is 19.3. The summed E-state index contributed by atoms with van der Waals surface area (Å²) in [5, 5.41) is 0. The first-order valence-electron chi connectivity index (χ1n) is 4.65. The molecule has 0 spiro atoms. The Morgan fingerprint density at radius 2 is 1.87 bits per heavy atom. The number of alkyl halides is 2. The van der Waals surface area contributed by atoms with Gasteiger partial charge >= 0.3 is 0 Å². The maximum absolute atomic E-state index is 13.9. The summed E-state index contributed by atoms with van der Waals surface area (Å²) in [7, 11) is 0. The summed E-state index contributed by atoms with van der Waals surface area (Å²) in [5.41, 5.74) is -1.63. The predicted molar refractivity (Wildman–Crippen MR) is 50.4 cm³/mol. The number of rotatable bonds is 3. The van der Waals surface area contributed by atoms with Gasteiger partial charge in [0.15, 0.2) is 0 Å². The van der Waals surface area contributed by atoms with Crippen LogP contribution in [0.2, 0.25) is 0 Å². The molecule has 2 rings (SSSR count). The molecule has 1 aromatic rings. The molecule has 1 aliphatic rings. The zero-order valence-electron chi connectivity index (χ0n) is 7.91. The van der Waals surface area contributed by atoms with E-state index >= 15 is 0 Å². The van der Waals surface area contributed by atoms with Gasteiger partial charge in [0, 0.05) is 5.56 Å². The molecule has 1 saturated carbocycles. The standard InChI is InChI=1S/C11H9F2NO/c12-11(13,9-4-2-1-3-5-9)10(6-7-10)14-8-15/h1-5H,6-7H2. The molecule has 0 N–H and O–H groups in total. The Hall–Kier alpha value is -1.54. The van der Waals surface area contributed by atoms with Crippen LogP contribution in [0, 0.1) is 0 Å². The highest BCUT2D eigenvalue weighted by Crippen LogP contribution is 2.56. The Bertz CT molecular complexity index is 406. The van der Waals surface area contributed by atoms with Crippen LogP contribution in [0.15, 0.2) is 35.3 Å². The Morgan fingerprint density at radius 3 is 2.33 bits per heavy atom. The monoisotopic (exact) mass is 209 g/mol. The second-order valence-electron chi connectivity index (χ2n) is 3.68. The van der Waals surface area contributed by atoms with Gasteiger partial charge in [0.25, 0.3) is 5.92 Å². The minimum absolute atomic E-state index is 0.0958. The van der Waals surface area contributed by atoms with E-state index in [4.69, 9.17) is 0 Å². The van der Waals surface area contributed by atoms with Crippen molar-refractivity contribution in [3.8, 4) is 0 Å². The van der Waals surface area contributed by atoms with E-state index in [0.29, 0.717) is 0 Å². The second-order valence-corrected chi connectivity index (χ2v) is 3.68. The third kappa shape index (κ3) is 1.47. The molecule has 0 aliphatic heterocycles. The largest absolute Gasteiger partial charge is 0.298 e. The normalized spacial score (nSPS) is 18.0. The minimum Gasteiger partial charge on any atom is -0.211 e. The molecule has 0 aromatic heterocycles. The lowest BCUT2D eigenvalue weighted by atomic mass is 10.00. The highest BCUT2D eigenvalue weighted by molar-refractivity contribution is 5.40. The SMILES string of the molecule is O=C=NC1(C(F)(F)c2ccccc2)CC1. The molecule has 4 heteroatoms. The van der Waals surface area contributed by atoms with Gasteiger partial charge in [-0.15, -0.1) is 0 Å². The van der Waals surface area contributed by atoms with Crippen LogP contribution in [0.25, 0.3) is 0 Å².